The van der Waals surface area contributed by atoms with Gasteiger partial charge in [0.15, 0.2) is 5.82 Å². The Labute approximate surface area is 111 Å². The normalized spacial score (nSPS) is 11.8. The van der Waals surface area contributed by atoms with Crippen LogP contribution in [0.1, 0.15) is 11.4 Å². The van der Waals surface area contributed by atoms with Crippen molar-refractivity contribution in [1.29, 1.82) is 0 Å². The van der Waals surface area contributed by atoms with Gasteiger partial charge < -0.3 is 5.32 Å². The van der Waals surface area contributed by atoms with Crippen molar-refractivity contribution < 1.29 is 13.2 Å². The molecule has 0 aliphatic rings. The summed E-state index contributed by atoms with van der Waals surface area (Å²) >= 11 is 5.55. The highest BCUT2D eigenvalue weighted by Gasteiger charge is 2.33. The molecule has 0 saturated heterocycles. The fourth-order valence-corrected chi connectivity index (χ4v) is 1.76. The van der Waals surface area contributed by atoms with Crippen molar-refractivity contribution in [1.82, 2.24) is 25.5 Å². The summed E-state index contributed by atoms with van der Waals surface area (Å²) in [5.41, 5.74) is -0.718. The number of nitrogens with one attached hydrogen (secondary N) is 1. The molecule has 1 N–H and O–H groups in total. The smallest absolute Gasteiger partial charge is 0.313 e. The summed E-state index contributed by atoms with van der Waals surface area (Å²) in [6, 6.07) is 3.51. The highest BCUT2D eigenvalue weighted by molar-refractivity contribution is 6.31. The van der Waals surface area contributed by atoms with Crippen LogP contribution in [0.5, 0.6) is 0 Å². The number of hydrogen-bond acceptors (Lipinski definition) is 4. The summed E-state index contributed by atoms with van der Waals surface area (Å²) in [6.45, 7) is 0.330. The number of rotatable bonds is 3. The molecule has 1 aromatic carbocycles. The van der Waals surface area contributed by atoms with Gasteiger partial charge in [-0.3, -0.25) is 0 Å². The zero-order chi connectivity index (χ0) is 14.0. The molecule has 0 aliphatic heterocycles. The first kappa shape index (κ1) is 13.8. The van der Waals surface area contributed by atoms with Gasteiger partial charge in [0, 0.05) is 0 Å². The van der Waals surface area contributed by atoms with E-state index in [9.17, 15) is 13.2 Å². The molecule has 0 aliphatic carbocycles. The third-order valence-corrected chi connectivity index (χ3v) is 2.70. The Morgan fingerprint density at radius 2 is 2.11 bits per heavy atom. The largest absolute Gasteiger partial charge is 0.417 e. The van der Waals surface area contributed by atoms with Crippen LogP contribution in [0.2, 0.25) is 5.02 Å². The van der Waals surface area contributed by atoms with E-state index in [1.807, 2.05) is 0 Å². The Bertz CT molecular complexity index is 581. The van der Waals surface area contributed by atoms with E-state index in [1.165, 1.54) is 16.8 Å². The highest BCUT2D eigenvalue weighted by Crippen LogP contribution is 2.35. The Morgan fingerprint density at radius 1 is 1.37 bits per heavy atom. The maximum Gasteiger partial charge on any atom is 0.417 e. The number of alkyl halides is 3. The van der Waals surface area contributed by atoms with E-state index in [0.29, 0.717) is 12.4 Å². The van der Waals surface area contributed by atoms with Gasteiger partial charge in [-0.1, -0.05) is 11.6 Å². The van der Waals surface area contributed by atoms with Crippen LogP contribution in [0.25, 0.3) is 5.69 Å². The number of aromatic nitrogens is 4. The maximum atomic E-state index is 12.8. The van der Waals surface area contributed by atoms with Crippen LogP contribution in [0, 0.1) is 0 Å². The molecule has 5 nitrogen and oxygen atoms in total. The van der Waals surface area contributed by atoms with E-state index in [0.717, 1.165) is 6.07 Å². The summed E-state index contributed by atoms with van der Waals surface area (Å²) in [6.07, 6.45) is -4.52. The molecule has 2 rings (SSSR count). The van der Waals surface area contributed by atoms with Gasteiger partial charge in [-0.2, -0.15) is 17.9 Å². The summed E-state index contributed by atoms with van der Waals surface area (Å²) < 4.78 is 39.5. The van der Waals surface area contributed by atoms with Crippen LogP contribution < -0.4 is 5.32 Å². The van der Waals surface area contributed by atoms with Crippen molar-refractivity contribution in [3.63, 3.8) is 0 Å². The van der Waals surface area contributed by atoms with Crippen LogP contribution in [0.3, 0.4) is 0 Å². The first-order valence-electron chi connectivity index (χ1n) is 5.22. The van der Waals surface area contributed by atoms with Gasteiger partial charge in [0.05, 0.1) is 22.8 Å². The van der Waals surface area contributed by atoms with E-state index in [4.69, 9.17) is 11.6 Å². The quantitative estimate of drug-likeness (QED) is 0.940. The Hall–Kier alpha value is -1.67. The predicted octanol–water partition coefficient (Wildman–Crippen LogP) is 2.05. The molecule has 102 valence electrons. The van der Waals surface area contributed by atoms with E-state index >= 15 is 0 Å². The molecule has 0 bridgehead atoms. The number of hydrogen-bond donors (Lipinski definition) is 1. The van der Waals surface area contributed by atoms with Crippen LogP contribution in [-0.2, 0) is 12.7 Å². The molecular weight excluding hydrogens is 283 g/mol. The van der Waals surface area contributed by atoms with Crippen molar-refractivity contribution in [3.8, 4) is 5.69 Å². The van der Waals surface area contributed by atoms with E-state index in [2.05, 4.69) is 20.8 Å². The summed E-state index contributed by atoms with van der Waals surface area (Å²) in [5.74, 6) is 0.401. The molecule has 0 atom stereocenters. The van der Waals surface area contributed by atoms with E-state index in [-0.39, 0.29) is 10.7 Å². The summed E-state index contributed by atoms with van der Waals surface area (Å²) in [7, 11) is 1.68. The average molecular weight is 292 g/mol. The van der Waals surface area contributed by atoms with Gasteiger partial charge in [-0.15, -0.1) is 5.10 Å². The number of nitrogens with zero attached hydrogens (tertiary/aromatic N) is 4. The fraction of sp³-hybridized carbons (Fsp3) is 0.300. The lowest BCUT2D eigenvalue weighted by atomic mass is 10.2. The molecule has 0 spiro atoms. The zero-order valence-corrected chi connectivity index (χ0v) is 10.5. The Morgan fingerprint density at radius 3 is 2.74 bits per heavy atom. The summed E-state index contributed by atoms with van der Waals surface area (Å²) in [5, 5.41) is 13.3. The van der Waals surface area contributed by atoms with Gasteiger partial charge in [-0.05, 0) is 35.7 Å². The third kappa shape index (κ3) is 2.85. The van der Waals surface area contributed by atoms with Crippen molar-refractivity contribution >= 4 is 11.6 Å². The Kier molecular flexibility index (Phi) is 3.72. The monoisotopic (exact) mass is 291 g/mol. The first-order chi connectivity index (χ1) is 8.93. The van der Waals surface area contributed by atoms with Crippen LogP contribution in [0.4, 0.5) is 13.2 Å². The third-order valence-electron chi connectivity index (χ3n) is 2.37. The molecule has 0 saturated carbocycles. The molecule has 0 radical (unpaired) electrons. The van der Waals surface area contributed by atoms with Gasteiger partial charge in [0.25, 0.3) is 0 Å². The molecule has 1 aromatic heterocycles. The second-order valence-electron chi connectivity index (χ2n) is 3.70. The van der Waals surface area contributed by atoms with E-state index in [1.54, 1.807) is 7.05 Å². The fourth-order valence-electron chi connectivity index (χ4n) is 1.54. The summed E-state index contributed by atoms with van der Waals surface area (Å²) in [4.78, 5) is 0. The lowest BCUT2D eigenvalue weighted by Crippen LogP contribution is -2.13. The first-order valence-corrected chi connectivity index (χ1v) is 5.60. The maximum absolute atomic E-state index is 12.8. The second kappa shape index (κ2) is 5.14. The minimum absolute atomic E-state index is 0.201. The number of halogens is 4. The molecule has 0 unspecified atom stereocenters. The van der Waals surface area contributed by atoms with Crippen LogP contribution >= 0.6 is 11.6 Å². The van der Waals surface area contributed by atoms with Crippen LogP contribution in [0.15, 0.2) is 18.2 Å². The molecule has 19 heavy (non-hydrogen) atoms. The topological polar surface area (TPSA) is 55.6 Å². The van der Waals surface area contributed by atoms with Gasteiger partial charge >= 0.3 is 6.18 Å². The lowest BCUT2D eigenvalue weighted by molar-refractivity contribution is -0.137. The van der Waals surface area contributed by atoms with E-state index < -0.39 is 11.7 Å². The highest BCUT2D eigenvalue weighted by atomic mass is 35.5. The van der Waals surface area contributed by atoms with Crippen molar-refractivity contribution in [3.05, 3.63) is 34.6 Å². The molecular formula is C10H9ClF3N5. The minimum Gasteiger partial charge on any atom is -0.313 e. The van der Waals surface area contributed by atoms with Crippen molar-refractivity contribution in [2.45, 2.75) is 12.7 Å². The van der Waals surface area contributed by atoms with Crippen molar-refractivity contribution in [2.75, 3.05) is 7.05 Å². The molecule has 2 aromatic rings. The zero-order valence-electron chi connectivity index (χ0n) is 9.74. The second-order valence-corrected chi connectivity index (χ2v) is 4.11. The lowest BCUT2D eigenvalue weighted by Gasteiger charge is -2.11. The van der Waals surface area contributed by atoms with Crippen LogP contribution in [-0.4, -0.2) is 27.3 Å². The molecule has 9 heteroatoms. The molecule has 0 fully saturated rings. The molecule has 0 amide bonds. The molecule has 1 heterocycles. The SMILES string of the molecule is CNCc1nnnn1-c1ccc(Cl)c(C(F)(F)F)c1. The number of benzene rings is 1. The average Bonchev–Trinajstić information content (AvgIpc) is 2.77. The minimum atomic E-state index is -4.52. The number of tetrazole rings is 1. The Balaban J connectivity index is 2.49. The standard InChI is InChI=1S/C10H9ClF3N5/c1-15-5-9-16-17-18-19(9)6-2-3-8(11)7(4-6)10(12,13)14/h2-4,15H,5H2,1H3. The van der Waals surface area contributed by atoms with Gasteiger partial charge in [-0.25, -0.2) is 0 Å². The van der Waals surface area contributed by atoms with Gasteiger partial charge in [0.2, 0.25) is 0 Å². The van der Waals surface area contributed by atoms with Gasteiger partial charge in [0.1, 0.15) is 0 Å². The predicted molar refractivity (Wildman–Crippen MR) is 61.9 cm³/mol. The van der Waals surface area contributed by atoms with Crippen molar-refractivity contribution in [2.24, 2.45) is 0 Å².